The van der Waals surface area contributed by atoms with E-state index in [1.165, 1.54) is 6.07 Å². The lowest BCUT2D eigenvalue weighted by molar-refractivity contribution is -0.140. The molecule has 10 heteroatoms. The molecule has 1 N–H and O–H groups in total. The van der Waals surface area contributed by atoms with Gasteiger partial charge < -0.3 is 19.9 Å². The summed E-state index contributed by atoms with van der Waals surface area (Å²) >= 11 is 0.994. The van der Waals surface area contributed by atoms with Crippen LogP contribution < -0.4 is 5.32 Å². The first kappa shape index (κ1) is 27.3. The van der Waals surface area contributed by atoms with Crippen molar-refractivity contribution < 1.29 is 27.1 Å². The molecule has 3 fully saturated rings. The highest BCUT2D eigenvalue weighted by Gasteiger charge is 2.48. The molecule has 1 amide bonds. The minimum absolute atomic E-state index is 0.0259. The van der Waals surface area contributed by atoms with Gasteiger partial charge in [-0.2, -0.15) is 13.2 Å². The van der Waals surface area contributed by atoms with Gasteiger partial charge in [-0.1, -0.05) is 23.9 Å². The smallest absolute Gasteiger partial charge is 0.382 e. The predicted molar refractivity (Wildman–Crippen MR) is 139 cm³/mol. The number of amides is 1. The largest absolute Gasteiger partial charge is 0.417 e. The Morgan fingerprint density at radius 3 is 2.53 bits per heavy atom. The van der Waals surface area contributed by atoms with Crippen molar-refractivity contribution in [2.75, 3.05) is 51.8 Å². The Kier molecular flexibility index (Phi) is 8.21. The molecule has 0 bridgehead atoms. The van der Waals surface area contributed by atoms with E-state index in [2.05, 4.69) is 17.3 Å². The fraction of sp³-hybridized carbons (Fsp3) is 0.536. The molecule has 5 rings (SSSR count). The van der Waals surface area contributed by atoms with Crippen LogP contribution in [0.1, 0.15) is 41.9 Å². The topological polar surface area (TPSA) is 44.8 Å². The average molecular weight is 552 g/mol. The molecular formula is C28H33F4N3O2S. The van der Waals surface area contributed by atoms with Crippen LogP contribution in [0.3, 0.4) is 0 Å². The third-order valence-corrected chi connectivity index (χ3v) is 8.76. The number of anilines is 1. The third kappa shape index (κ3) is 6.13. The number of carbonyl (C=O) groups is 1. The van der Waals surface area contributed by atoms with Crippen molar-refractivity contribution in [1.82, 2.24) is 9.80 Å². The Bertz CT molecular complexity index is 1150. The van der Waals surface area contributed by atoms with Crippen molar-refractivity contribution in [3.63, 3.8) is 0 Å². The number of halogens is 4. The van der Waals surface area contributed by atoms with Gasteiger partial charge in [0, 0.05) is 40.5 Å². The highest BCUT2D eigenvalue weighted by atomic mass is 32.2. The van der Waals surface area contributed by atoms with E-state index < -0.39 is 30.3 Å². The highest BCUT2D eigenvalue weighted by molar-refractivity contribution is 7.99. The van der Waals surface area contributed by atoms with E-state index in [1.54, 1.807) is 17.0 Å². The van der Waals surface area contributed by atoms with E-state index in [4.69, 9.17) is 4.74 Å². The molecule has 2 aromatic rings. The van der Waals surface area contributed by atoms with Crippen LogP contribution in [0.4, 0.5) is 23.2 Å². The number of morpholine rings is 1. The minimum Gasteiger partial charge on any atom is -0.382 e. The van der Waals surface area contributed by atoms with Crippen LogP contribution in [0, 0.1) is 5.92 Å². The van der Waals surface area contributed by atoms with E-state index in [-0.39, 0.29) is 16.4 Å². The van der Waals surface area contributed by atoms with Crippen LogP contribution in [0.25, 0.3) is 0 Å². The van der Waals surface area contributed by atoms with Gasteiger partial charge in [0.15, 0.2) is 0 Å². The zero-order valence-electron chi connectivity index (χ0n) is 21.4. The molecule has 5 nitrogen and oxygen atoms in total. The Hall–Kier alpha value is -2.30. The maximum atomic E-state index is 14.3. The second-order valence-electron chi connectivity index (χ2n) is 10.4. The molecule has 2 aliphatic heterocycles. The zero-order valence-corrected chi connectivity index (χ0v) is 22.2. The van der Waals surface area contributed by atoms with E-state index in [0.717, 1.165) is 43.4 Å². The van der Waals surface area contributed by atoms with Crippen LogP contribution >= 0.6 is 11.8 Å². The van der Waals surface area contributed by atoms with Crippen molar-refractivity contribution in [3.05, 3.63) is 53.1 Å². The molecule has 3 aliphatic rings. The number of alkyl halides is 4. The molecule has 2 saturated heterocycles. The lowest BCUT2D eigenvalue weighted by atomic mass is 9.96. The summed E-state index contributed by atoms with van der Waals surface area (Å²) in [7, 11) is 2.09. The monoisotopic (exact) mass is 551 g/mol. The first-order valence-electron chi connectivity index (χ1n) is 13.1. The molecule has 0 radical (unpaired) electrons. The van der Waals surface area contributed by atoms with Gasteiger partial charge in [-0.05, 0) is 80.7 Å². The maximum Gasteiger partial charge on any atom is 0.417 e. The van der Waals surface area contributed by atoms with Crippen molar-refractivity contribution >= 4 is 23.4 Å². The standard InChI is InChI=1S/C28H33F4N3O2S/c1-34-9-7-18(8-10-34)33-19-3-2-4-20(15-19)38-25-6-5-21(24(17-29)26(25)28(30,31)32)22-16-23(22)27(36)35-11-13-37-14-12-35/h2-6,15,18,22-23,33H,7-14,16-17H2,1H3. The molecule has 0 aromatic heterocycles. The highest BCUT2D eigenvalue weighted by Crippen LogP contribution is 2.53. The third-order valence-electron chi connectivity index (χ3n) is 7.71. The molecule has 2 heterocycles. The summed E-state index contributed by atoms with van der Waals surface area (Å²) in [5, 5.41) is 3.50. The summed E-state index contributed by atoms with van der Waals surface area (Å²) < 4.78 is 62.6. The van der Waals surface area contributed by atoms with Crippen LogP contribution in [-0.2, 0) is 22.4 Å². The van der Waals surface area contributed by atoms with Gasteiger partial charge >= 0.3 is 6.18 Å². The van der Waals surface area contributed by atoms with Crippen molar-refractivity contribution in [1.29, 1.82) is 0 Å². The Morgan fingerprint density at radius 2 is 1.84 bits per heavy atom. The molecule has 2 aromatic carbocycles. The fourth-order valence-electron chi connectivity index (χ4n) is 5.52. The first-order chi connectivity index (χ1) is 18.2. The Morgan fingerprint density at radius 1 is 1.11 bits per heavy atom. The number of ether oxygens (including phenoxy) is 1. The number of hydrogen-bond acceptors (Lipinski definition) is 5. The van der Waals surface area contributed by atoms with Crippen molar-refractivity contribution in [2.45, 2.75) is 53.9 Å². The van der Waals surface area contributed by atoms with Gasteiger partial charge in [0.25, 0.3) is 0 Å². The maximum absolute atomic E-state index is 14.3. The molecule has 206 valence electrons. The number of nitrogens with one attached hydrogen (secondary N) is 1. The Labute approximate surface area is 224 Å². The normalized spacial score (nSPS) is 22.9. The average Bonchev–Trinajstić information content (AvgIpc) is 3.70. The summed E-state index contributed by atoms with van der Waals surface area (Å²) in [6, 6.07) is 10.7. The predicted octanol–water partition coefficient (Wildman–Crippen LogP) is 5.79. The van der Waals surface area contributed by atoms with E-state index in [9.17, 15) is 22.4 Å². The second kappa shape index (κ2) is 11.4. The van der Waals surface area contributed by atoms with Crippen LogP contribution in [0.15, 0.2) is 46.2 Å². The Balaban J connectivity index is 1.36. The summed E-state index contributed by atoms with van der Waals surface area (Å²) in [6.45, 7) is 2.64. The molecule has 1 aliphatic carbocycles. The summed E-state index contributed by atoms with van der Waals surface area (Å²) in [4.78, 5) is 17.5. The fourth-order valence-corrected chi connectivity index (χ4v) is 6.59. The van der Waals surface area contributed by atoms with Gasteiger partial charge in [0.05, 0.1) is 18.8 Å². The van der Waals surface area contributed by atoms with Crippen molar-refractivity contribution in [3.8, 4) is 0 Å². The molecule has 38 heavy (non-hydrogen) atoms. The van der Waals surface area contributed by atoms with Crippen molar-refractivity contribution in [2.24, 2.45) is 5.92 Å². The van der Waals surface area contributed by atoms with Gasteiger partial charge in [-0.25, -0.2) is 4.39 Å². The summed E-state index contributed by atoms with van der Waals surface area (Å²) in [5.74, 6) is -0.873. The number of rotatable bonds is 7. The molecule has 0 spiro atoms. The first-order valence-corrected chi connectivity index (χ1v) is 13.9. The molecular weight excluding hydrogens is 518 g/mol. The number of piperidine rings is 1. The molecule has 2 unspecified atom stereocenters. The number of hydrogen-bond donors (Lipinski definition) is 1. The zero-order chi connectivity index (χ0) is 26.9. The number of nitrogens with zero attached hydrogens (tertiary/aromatic N) is 2. The van der Waals surface area contributed by atoms with Gasteiger partial charge in [-0.3, -0.25) is 4.79 Å². The number of carbonyl (C=O) groups excluding carboxylic acids is 1. The van der Waals surface area contributed by atoms with Gasteiger partial charge in [-0.15, -0.1) is 0 Å². The van der Waals surface area contributed by atoms with Gasteiger partial charge in [0.2, 0.25) is 5.91 Å². The molecule has 2 atom stereocenters. The second-order valence-corrected chi connectivity index (χ2v) is 11.5. The SMILES string of the molecule is CN1CCC(Nc2cccc(Sc3ccc(C4CC4C(=O)N4CCOCC4)c(CF)c3C(F)(F)F)c2)CC1. The lowest BCUT2D eigenvalue weighted by Crippen LogP contribution is -2.41. The van der Waals surface area contributed by atoms with E-state index in [1.807, 2.05) is 18.2 Å². The summed E-state index contributed by atoms with van der Waals surface area (Å²) in [5.41, 5.74) is -0.109. The van der Waals surface area contributed by atoms with E-state index in [0.29, 0.717) is 49.2 Å². The summed E-state index contributed by atoms with van der Waals surface area (Å²) in [6.07, 6.45) is -2.27. The van der Waals surface area contributed by atoms with Gasteiger partial charge in [0.1, 0.15) is 6.67 Å². The molecule has 1 saturated carbocycles. The van der Waals surface area contributed by atoms with Crippen LogP contribution in [0.5, 0.6) is 0 Å². The van der Waals surface area contributed by atoms with Crippen LogP contribution in [-0.4, -0.2) is 68.2 Å². The minimum atomic E-state index is -4.72. The lowest BCUT2D eigenvalue weighted by Gasteiger charge is -2.30. The van der Waals surface area contributed by atoms with Crippen LogP contribution in [0.2, 0.25) is 0 Å². The van der Waals surface area contributed by atoms with E-state index >= 15 is 0 Å². The number of likely N-dealkylation sites (tertiary alicyclic amines) is 1. The quantitative estimate of drug-likeness (QED) is 0.441. The number of benzene rings is 2.